The predicted molar refractivity (Wildman–Crippen MR) is 111 cm³/mol. The maximum absolute atomic E-state index is 13.3. The lowest BCUT2D eigenvalue weighted by atomic mass is 9.98. The molecular formula is C23H26N4O. The van der Waals surface area contributed by atoms with E-state index >= 15 is 0 Å². The van der Waals surface area contributed by atoms with Crippen molar-refractivity contribution in [2.24, 2.45) is 0 Å². The van der Waals surface area contributed by atoms with E-state index in [0.717, 1.165) is 70.6 Å². The van der Waals surface area contributed by atoms with Crippen molar-refractivity contribution in [3.8, 4) is 11.3 Å². The molecule has 3 aromatic rings. The molecule has 28 heavy (non-hydrogen) atoms. The molecule has 3 heterocycles. The van der Waals surface area contributed by atoms with Crippen LogP contribution in [0, 0.1) is 13.8 Å². The molecule has 1 aliphatic heterocycles. The van der Waals surface area contributed by atoms with Crippen molar-refractivity contribution >= 4 is 16.8 Å². The number of nitrogens with zero attached hydrogens (tertiary/aromatic N) is 4. The highest BCUT2D eigenvalue weighted by Crippen LogP contribution is 2.29. The molecule has 1 aromatic carbocycles. The number of carbonyl (C=O) groups excluding carboxylic acids is 1. The molecule has 2 aromatic heterocycles. The molecule has 1 fully saturated rings. The van der Waals surface area contributed by atoms with E-state index in [1.165, 1.54) is 0 Å². The average Bonchev–Trinajstić information content (AvgIpc) is 3.21. The van der Waals surface area contributed by atoms with Crippen LogP contribution in [0.2, 0.25) is 0 Å². The van der Waals surface area contributed by atoms with Gasteiger partial charge in [-0.1, -0.05) is 19.9 Å². The van der Waals surface area contributed by atoms with E-state index in [-0.39, 0.29) is 11.8 Å². The average molecular weight is 374 g/mol. The zero-order valence-electron chi connectivity index (χ0n) is 17.0. The van der Waals surface area contributed by atoms with Crippen molar-refractivity contribution in [2.45, 2.75) is 46.5 Å². The number of aromatic nitrogens is 3. The Hall–Kier alpha value is -2.82. The molecule has 0 atom stereocenters. The number of pyridine rings is 1. The molecule has 0 bridgehead atoms. The van der Waals surface area contributed by atoms with Crippen LogP contribution < -0.4 is 0 Å². The highest BCUT2D eigenvalue weighted by molar-refractivity contribution is 6.08. The van der Waals surface area contributed by atoms with Gasteiger partial charge in [-0.25, -0.2) is 15.0 Å². The number of hydrogen-bond donors (Lipinski definition) is 0. The van der Waals surface area contributed by atoms with E-state index in [0.29, 0.717) is 0 Å². The van der Waals surface area contributed by atoms with Crippen LogP contribution in [0.3, 0.4) is 0 Å². The van der Waals surface area contributed by atoms with Crippen LogP contribution in [-0.4, -0.2) is 38.8 Å². The molecule has 144 valence electrons. The van der Waals surface area contributed by atoms with Gasteiger partial charge in [0.25, 0.3) is 5.91 Å². The first kappa shape index (κ1) is 18.5. The first-order valence-electron chi connectivity index (χ1n) is 9.97. The Labute approximate surface area is 165 Å². The van der Waals surface area contributed by atoms with E-state index < -0.39 is 0 Å². The summed E-state index contributed by atoms with van der Waals surface area (Å²) in [6.45, 7) is 9.91. The summed E-state index contributed by atoms with van der Waals surface area (Å²) >= 11 is 0. The summed E-state index contributed by atoms with van der Waals surface area (Å²) < 4.78 is 0. The number of fused-ring (bicyclic) bond motifs is 1. The summed E-state index contributed by atoms with van der Waals surface area (Å²) in [4.78, 5) is 29.1. The van der Waals surface area contributed by atoms with E-state index in [1.54, 1.807) is 0 Å². The minimum atomic E-state index is 0.0952. The third-order valence-corrected chi connectivity index (χ3v) is 5.36. The molecule has 0 unspecified atom stereocenters. The van der Waals surface area contributed by atoms with Crippen molar-refractivity contribution in [1.82, 2.24) is 19.9 Å². The van der Waals surface area contributed by atoms with Crippen LogP contribution in [0.1, 0.15) is 59.9 Å². The third-order valence-electron chi connectivity index (χ3n) is 5.36. The van der Waals surface area contributed by atoms with Gasteiger partial charge in [-0.15, -0.1) is 0 Å². The van der Waals surface area contributed by atoms with Gasteiger partial charge in [-0.05, 0) is 49.9 Å². The number of amides is 1. The van der Waals surface area contributed by atoms with E-state index in [4.69, 9.17) is 4.98 Å². The summed E-state index contributed by atoms with van der Waals surface area (Å²) in [6.07, 6.45) is 5.76. The Balaban J connectivity index is 1.89. The number of rotatable bonds is 3. The van der Waals surface area contributed by atoms with Crippen molar-refractivity contribution in [3.63, 3.8) is 0 Å². The van der Waals surface area contributed by atoms with Crippen molar-refractivity contribution in [1.29, 1.82) is 0 Å². The van der Waals surface area contributed by atoms with E-state index in [9.17, 15) is 4.79 Å². The second-order valence-electron chi connectivity index (χ2n) is 8.01. The quantitative estimate of drug-likeness (QED) is 0.668. The molecule has 1 aliphatic rings. The molecule has 1 amide bonds. The lowest BCUT2D eigenvalue weighted by Gasteiger charge is -2.18. The lowest BCUT2D eigenvalue weighted by Crippen LogP contribution is -2.28. The fourth-order valence-corrected chi connectivity index (χ4v) is 3.93. The third kappa shape index (κ3) is 3.37. The molecule has 0 spiro atoms. The highest BCUT2D eigenvalue weighted by atomic mass is 16.2. The summed E-state index contributed by atoms with van der Waals surface area (Å²) in [5.74, 6) is 1.18. The Morgan fingerprint density at radius 3 is 2.36 bits per heavy atom. The number of likely N-dealkylation sites (tertiary alicyclic amines) is 1. The smallest absolute Gasteiger partial charge is 0.254 e. The topological polar surface area (TPSA) is 59.0 Å². The van der Waals surface area contributed by atoms with Gasteiger partial charge >= 0.3 is 0 Å². The zero-order chi connectivity index (χ0) is 19.8. The predicted octanol–water partition coefficient (Wildman–Crippen LogP) is 4.67. The Kier molecular flexibility index (Phi) is 4.84. The summed E-state index contributed by atoms with van der Waals surface area (Å²) in [5.41, 5.74) is 5.39. The van der Waals surface area contributed by atoms with Gasteiger partial charge in [0, 0.05) is 42.4 Å². The molecule has 4 rings (SSSR count). The molecule has 1 saturated heterocycles. The van der Waals surface area contributed by atoms with Crippen molar-refractivity contribution < 1.29 is 4.79 Å². The van der Waals surface area contributed by atoms with Crippen LogP contribution in [-0.2, 0) is 0 Å². The Morgan fingerprint density at radius 2 is 1.71 bits per heavy atom. The maximum Gasteiger partial charge on any atom is 0.254 e. The van der Waals surface area contributed by atoms with E-state index in [1.807, 2.05) is 23.4 Å². The van der Waals surface area contributed by atoms with Crippen LogP contribution in [0.4, 0.5) is 0 Å². The molecular weight excluding hydrogens is 348 g/mol. The van der Waals surface area contributed by atoms with Crippen molar-refractivity contribution in [3.05, 3.63) is 53.1 Å². The Bertz CT molecular complexity index is 1030. The van der Waals surface area contributed by atoms with Crippen LogP contribution in [0.5, 0.6) is 0 Å². The fourth-order valence-electron chi connectivity index (χ4n) is 3.93. The summed E-state index contributed by atoms with van der Waals surface area (Å²) in [7, 11) is 0. The number of carbonyl (C=O) groups is 1. The molecule has 5 heteroatoms. The first-order chi connectivity index (χ1) is 13.4. The number of aryl methyl sites for hydroxylation is 2. The van der Waals surface area contributed by atoms with Crippen molar-refractivity contribution in [2.75, 3.05) is 13.1 Å². The van der Waals surface area contributed by atoms with Gasteiger partial charge in [-0.3, -0.25) is 4.79 Å². The normalized spacial score (nSPS) is 14.2. The van der Waals surface area contributed by atoms with Gasteiger partial charge < -0.3 is 4.90 Å². The lowest BCUT2D eigenvalue weighted by molar-refractivity contribution is 0.0794. The number of hydrogen-bond acceptors (Lipinski definition) is 4. The van der Waals surface area contributed by atoms with Gasteiger partial charge in [-0.2, -0.15) is 0 Å². The zero-order valence-corrected chi connectivity index (χ0v) is 17.0. The molecule has 0 aliphatic carbocycles. The molecule has 0 radical (unpaired) electrons. The molecule has 0 saturated carbocycles. The van der Waals surface area contributed by atoms with Crippen LogP contribution >= 0.6 is 0 Å². The minimum absolute atomic E-state index is 0.0952. The van der Waals surface area contributed by atoms with Gasteiger partial charge in [0.05, 0.1) is 16.8 Å². The van der Waals surface area contributed by atoms with Gasteiger partial charge in [0.15, 0.2) is 0 Å². The minimum Gasteiger partial charge on any atom is -0.339 e. The van der Waals surface area contributed by atoms with Crippen LogP contribution in [0.25, 0.3) is 22.2 Å². The largest absolute Gasteiger partial charge is 0.339 e. The second-order valence-corrected chi connectivity index (χ2v) is 8.01. The van der Waals surface area contributed by atoms with Crippen LogP contribution in [0.15, 0.2) is 30.6 Å². The van der Waals surface area contributed by atoms with Gasteiger partial charge in [0.2, 0.25) is 0 Å². The highest BCUT2D eigenvalue weighted by Gasteiger charge is 2.23. The fraction of sp³-hybridized carbons (Fsp3) is 0.391. The Morgan fingerprint density at radius 1 is 1.04 bits per heavy atom. The van der Waals surface area contributed by atoms with E-state index in [2.05, 4.69) is 49.8 Å². The first-order valence-corrected chi connectivity index (χ1v) is 9.97. The SMILES string of the molecule is Cc1cc(C)c2c(C(=O)N3CCCC3)cc(-c3cnc(C(C)C)nc3)nc2c1. The second kappa shape index (κ2) is 7.30. The standard InChI is InChI=1S/C23H26N4O/c1-14(2)22-24-12-17(13-25-22)19-11-18(23(28)27-7-5-6-8-27)21-16(4)9-15(3)10-20(21)26-19/h9-14H,5-8H2,1-4H3. The summed E-state index contributed by atoms with van der Waals surface area (Å²) in [6, 6.07) is 6.08. The number of benzene rings is 1. The van der Waals surface area contributed by atoms with Gasteiger partial charge in [0.1, 0.15) is 5.82 Å². The summed E-state index contributed by atoms with van der Waals surface area (Å²) in [5, 5.41) is 0.950. The maximum atomic E-state index is 13.3. The molecule has 0 N–H and O–H groups in total. The molecule has 5 nitrogen and oxygen atoms in total. The monoisotopic (exact) mass is 374 g/mol.